The molecule has 7 heteroatoms. The summed E-state index contributed by atoms with van der Waals surface area (Å²) >= 11 is 0. The van der Waals surface area contributed by atoms with Crippen molar-refractivity contribution < 1.29 is 9.18 Å². The summed E-state index contributed by atoms with van der Waals surface area (Å²) in [4.78, 5) is 25.3. The molecule has 0 radical (unpaired) electrons. The zero-order valence-corrected chi connectivity index (χ0v) is 15.1. The highest BCUT2D eigenvalue weighted by atomic mass is 19.1. The molecular formula is C19H24FN5O. The monoisotopic (exact) mass is 357 g/mol. The van der Waals surface area contributed by atoms with E-state index in [0.717, 1.165) is 18.7 Å². The van der Waals surface area contributed by atoms with Crippen LogP contribution in [0.5, 0.6) is 0 Å². The summed E-state index contributed by atoms with van der Waals surface area (Å²) in [6.07, 6.45) is 3.70. The first-order valence-electron chi connectivity index (χ1n) is 8.72. The Labute approximate surface area is 153 Å². The van der Waals surface area contributed by atoms with Gasteiger partial charge in [-0.1, -0.05) is 12.1 Å². The van der Waals surface area contributed by atoms with Crippen LogP contribution in [0.15, 0.2) is 42.7 Å². The minimum atomic E-state index is -0.297. The van der Waals surface area contributed by atoms with Crippen LogP contribution in [-0.4, -0.2) is 60.5 Å². The molecule has 0 aliphatic carbocycles. The Morgan fingerprint density at radius 3 is 2.58 bits per heavy atom. The SMILES string of the molecule is CN(C)C[C@@H]1CN(c2ncccn2)C[C@H]1NC(=O)Cc1ccc(F)cc1. The molecular weight excluding hydrogens is 333 g/mol. The molecule has 2 aromatic rings. The number of nitrogens with zero attached hydrogens (tertiary/aromatic N) is 4. The van der Waals surface area contributed by atoms with Crippen LogP contribution < -0.4 is 10.2 Å². The maximum Gasteiger partial charge on any atom is 0.225 e. The average Bonchev–Trinajstić information content (AvgIpc) is 2.99. The van der Waals surface area contributed by atoms with E-state index < -0.39 is 0 Å². The van der Waals surface area contributed by atoms with Crippen LogP contribution in [0.2, 0.25) is 0 Å². The van der Waals surface area contributed by atoms with E-state index in [9.17, 15) is 9.18 Å². The standard InChI is InChI=1S/C19H24FN5O/c1-24(2)11-15-12-25(19-21-8-3-9-22-19)13-17(15)23-18(26)10-14-4-6-16(20)7-5-14/h3-9,15,17H,10-13H2,1-2H3,(H,23,26)/t15-,17-/m1/s1. The molecule has 1 aliphatic rings. The Kier molecular flexibility index (Phi) is 5.78. The first-order valence-corrected chi connectivity index (χ1v) is 8.72. The minimum Gasteiger partial charge on any atom is -0.351 e. The smallest absolute Gasteiger partial charge is 0.225 e. The lowest BCUT2D eigenvalue weighted by atomic mass is 10.0. The highest BCUT2D eigenvalue weighted by Crippen LogP contribution is 2.21. The summed E-state index contributed by atoms with van der Waals surface area (Å²) in [6.45, 7) is 2.34. The molecule has 1 fully saturated rings. The third-order valence-corrected chi connectivity index (χ3v) is 4.50. The third kappa shape index (κ3) is 4.76. The number of amides is 1. The number of nitrogens with one attached hydrogen (secondary N) is 1. The van der Waals surface area contributed by atoms with E-state index in [1.165, 1.54) is 12.1 Å². The van der Waals surface area contributed by atoms with Crippen molar-refractivity contribution in [3.8, 4) is 0 Å². The Balaban J connectivity index is 1.65. The van der Waals surface area contributed by atoms with Gasteiger partial charge in [0.05, 0.1) is 12.5 Å². The quantitative estimate of drug-likeness (QED) is 0.845. The van der Waals surface area contributed by atoms with Crippen molar-refractivity contribution in [3.05, 3.63) is 54.1 Å². The maximum atomic E-state index is 13.0. The number of carbonyl (C=O) groups is 1. The van der Waals surface area contributed by atoms with Crippen molar-refractivity contribution in [2.45, 2.75) is 12.5 Å². The number of rotatable bonds is 6. The van der Waals surface area contributed by atoms with Gasteiger partial charge in [0.15, 0.2) is 0 Å². The van der Waals surface area contributed by atoms with Gasteiger partial charge in [-0.3, -0.25) is 4.79 Å². The number of carbonyl (C=O) groups excluding carboxylic acids is 1. The zero-order chi connectivity index (χ0) is 18.5. The van der Waals surface area contributed by atoms with Crippen LogP contribution in [-0.2, 0) is 11.2 Å². The van der Waals surface area contributed by atoms with Gasteiger partial charge in [0.2, 0.25) is 11.9 Å². The van der Waals surface area contributed by atoms with E-state index in [2.05, 4.69) is 25.1 Å². The fraction of sp³-hybridized carbons (Fsp3) is 0.421. The molecule has 2 heterocycles. The van der Waals surface area contributed by atoms with Crippen molar-refractivity contribution in [3.63, 3.8) is 0 Å². The zero-order valence-electron chi connectivity index (χ0n) is 15.1. The highest BCUT2D eigenvalue weighted by Gasteiger charge is 2.35. The molecule has 1 N–H and O–H groups in total. The lowest BCUT2D eigenvalue weighted by Gasteiger charge is -2.22. The van der Waals surface area contributed by atoms with E-state index in [1.807, 2.05) is 14.1 Å². The molecule has 138 valence electrons. The highest BCUT2D eigenvalue weighted by molar-refractivity contribution is 5.79. The number of hydrogen-bond acceptors (Lipinski definition) is 5. The second-order valence-electron chi connectivity index (χ2n) is 6.95. The van der Waals surface area contributed by atoms with Crippen LogP contribution >= 0.6 is 0 Å². The predicted octanol–water partition coefficient (Wildman–Crippen LogP) is 1.34. The summed E-state index contributed by atoms with van der Waals surface area (Å²) in [5.41, 5.74) is 0.800. The topological polar surface area (TPSA) is 61.4 Å². The molecule has 0 unspecified atom stereocenters. The number of halogens is 1. The summed E-state index contributed by atoms with van der Waals surface area (Å²) in [5.74, 6) is 0.619. The fourth-order valence-corrected chi connectivity index (χ4v) is 3.35. The molecule has 0 saturated carbocycles. The van der Waals surface area contributed by atoms with Crippen LogP contribution in [0.25, 0.3) is 0 Å². The molecule has 26 heavy (non-hydrogen) atoms. The summed E-state index contributed by atoms with van der Waals surface area (Å²) in [5, 5.41) is 3.14. The number of hydrogen-bond donors (Lipinski definition) is 1. The Bertz CT molecular complexity index is 722. The first kappa shape index (κ1) is 18.3. The van der Waals surface area contributed by atoms with E-state index in [1.54, 1.807) is 30.6 Å². The van der Waals surface area contributed by atoms with Gasteiger partial charge in [0.1, 0.15) is 5.82 Å². The number of aromatic nitrogens is 2. The second-order valence-corrected chi connectivity index (χ2v) is 6.95. The van der Waals surface area contributed by atoms with Gasteiger partial charge < -0.3 is 15.1 Å². The Morgan fingerprint density at radius 2 is 1.92 bits per heavy atom. The second kappa shape index (κ2) is 8.23. The molecule has 1 saturated heterocycles. The van der Waals surface area contributed by atoms with Gasteiger partial charge in [-0.2, -0.15) is 0 Å². The molecule has 1 amide bonds. The molecule has 1 aromatic heterocycles. The fourth-order valence-electron chi connectivity index (χ4n) is 3.35. The van der Waals surface area contributed by atoms with Gasteiger partial charge >= 0.3 is 0 Å². The van der Waals surface area contributed by atoms with Crippen LogP contribution in [0.1, 0.15) is 5.56 Å². The van der Waals surface area contributed by atoms with Crippen molar-refractivity contribution in [2.24, 2.45) is 5.92 Å². The van der Waals surface area contributed by atoms with E-state index in [-0.39, 0.29) is 30.1 Å². The molecule has 0 bridgehead atoms. The van der Waals surface area contributed by atoms with Gasteiger partial charge in [0.25, 0.3) is 0 Å². The minimum absolute atomic E-state index is 0.0224. The van der Waals surface area contributed by atoms with Crippen LogP contribution in [0, 0.1) is 11.7 Å². The molecule has 0 spiro atoms. The number of anilines is 1. The Morgan fingerprint density at radius 1 is 1.23 bits per heavy atom. The summed E-state index contributed by atoms with van der Waals surface area (Å²) in [7, 11) is 4.05. The van der Waals surface area contributed by atoms with E-state index in [4.69, 9.17) is 0 Å². The summed E-state index contributed by atoms with van der Waals surface area (Å²) in [6, 6.07) is 7.85. The van der Waals surface area contributed by atoms with Gasteiger partial charge in [-0.25, -0.2) is 14.4 Å². The maximum absolute atomic E-state index is 13.0. The Hall–Kier alpha value is -2.54. The van der Waals surface area contributed by atoms with E-state index >= 15 is 0 Å². The lowest BCUT2D eigenvalue weighted by Crippen LogP contribution is -2.44. The molecule has 2 atom stereocenters. The van der Waals surface area contributed by atoms with Gasteiger partial charge in [-0.15, -0.1) is 0 Å². The molecule has 1 aromatic carbocycles. The van der Waals surface area contributed by atoms with Crippen LogP contribution in [0.3, 0.4) is 0 Å². The normalized spacial score (nSPS) is 19.8. The van der Waals surface area contributed by atoms with E-state index in [0.29, 0.717) is 12.5 Å². The molecule has 6 nitrogen and oxygen atoms in total. The number of benzene rings is 1. The molecule has 1 aliphatic heterocycles. The lowest BCUT2D eigenvalue weighted by molar-refractivity contribution is -0.121. The van der Waals surface area contributed by atoms with Crippen LogP contribution in [0.4, 0.5) is 10.3 Å². The van der Waals surface area contributed by atoms with Crippen molar-refractivity contribution in [1.29, 1.82) is 0 Å². The third-order valence-electron chi connectivity index (χ3n) is 4.50. The largest absolute Gasteiger partial charge is 0.351 e. The van der Waals surface area contributed by atoms with Crippen molar-refractivity contribution >= 4 is 11.9 Å². The van der Waals surface area contributed by atoms with Crippen molar-refractivity contribution in [1.82, 2.24) is 20.2 Å². The predicted molar refractivity (Wildman–Crippen MR) is 98.3 cm³/mol. The van der Waals surface area contributed by atoms with Crippen molar-refractivity contribution in [2.75, 3.05) is 38.6 Å². The first-order chi connectivity index (χ1) is 12.5. The average molecular weight is 357 g/mol. The summed E-state index contributed by atoms with van der Waals surface area (Å²) < 4.78 is 13.0. The van der Waals surface area contributed by atoms with Gasteiger partial charge in [-0.05, 0) is 37.9 Å². The van der Waals surface area contributed by atoms with Gasteiger partial charge in [0, 0.05) is 37.9 Å². The molecule has 3 rings (SSSR count).